The molecular weight excluding hydrogens is 242 g/mol. The lowest BCUT2D eigenvalue weighted by Crippen LogP contribution is -2.28. The molecule has 7 heteroatoms. The second-order valence-electron chi connectivity index (χ2n) is 4.76. The molecule has 0 aliphatic heterocycles. The van der Waals surface area contributed by atoms with Crippen LogP contribution in [0.3, 0.4) is 0 Å². The third-order valence-electron chi connectivity index (χ3n) is 1.72. The Morgan fingerprint density at radius 3 is 2.17 bits per heavy atom. The first-order valence-corrected chi connectivity index (χ1v) is 5.20. The fourth-order valence-corrected chi connectivity index (χ4v) is 0.983. The number of ketones is 1. The van der Waals surface area contributed by atoms with Crippen LogP contribution in [0, 0.1) is 5.41 Å². The van der Waals surface area contributed by atoms with Gasteiger partial charge in [-0.1, -0.05) is 25.9 Å². The van der Waals surface area contributed by atoms with Crippen molar-refractivity contribution in [2.24, 2.45) is 10.6 Å². The Labute approximate surface area is 105 Å². The topological polar surface area (TPSA) is 102 Å². The molecule has 0 aromatic carbocycles. The minimum Gasteiger partial charge on any atom is -0.476 e. The number of carbonyl (C=O) groups is 3. The summed E-state index contributed by atoms with van der Waals surface area (Å²) in [6, 6.07) is 0. The van der Waals surface area contributed by atoms with Crippen LogP contribution in [0.2, 0.25) is 0 Å². The van der Waals surface area contributed by atoms with E-state index in [9.17, 15) is 14.4 Å². The molecule has 18 heavy (non-hydrogen) atoms. The monoisotopic (exact) mass is 259 g/mol. The fourth-order valence-electron chi connectivity index (χ4n) is 0.983. The average molecular weight is 259 g/mol. The number of hydrogen-bond donors (Lipinski definition) is 1. The molecule has 0 saturated carbocycles. The number of Topliss-reactive ketones (excluding diaryl/α,β-unsaturated/α-hetero) is 1. The highest BCUT2D eigenvalue weighted by molar-refractivity contribution is 6.63. The predicted octanol–water partition coefficient (Wildman–Crippen LogP) is 0.622. The zero-order valence-electron chi connectivity index (χ0n) is 10.8. The van der Waals surface area contributed by atoms with Crippen LogP contribution in [-0.2, 0) is 24.0 Å². The van der Waals surface area contributed by atoms with Gasteiger partial charge in [0.2, 0.25) is 12.3 Å². The van der Waals surface area contributed by atoms with Crippen molar-refractivity contribution in [3.05, 3.63) is 0 Å². The summed E-state index contributed by atoms with van der Waals surface area (Å²) in [7, 11) is 1.15. The Morgan fingerprint density at radius 1 is 1.22 bits per heavy atom. The van der Waals surface area contributed by atoms with E-state index in [2.05, 4.69) is 14.7 Å². The van der Waals surface area contributed by atoms with E-state index in [4.69, 9.17) is 5.11 Å². The minimum atomic E-state index is -1.49. The van der Waals surface area contributed by atoms with E-state index in [1.165, 1.54) is 0 Å². The van der Waals surface area contributed by atoms with Gasteiger partial charge in [-0.3, -0.25) is 4.79 Å². The summed E-state index contributed by atoms with van der Waals surface area (Å²) in [6.07, 6.45) is 0.0136. The maximum absolute atomic E-state index is 11.6. The molecule has 0 bridgehead atoms. The molecule has 0 spiro atoms. The second-order valence-corrected chi connectivity index (χ2v) is 4.76. The van der Waals surface area contributed by atoms with Crippen LogP contribution >= 0.6 is 0 Å². The molecule has 0 saturated heterocycles. The maximum atomic E-state index is 11.6. The first kappa shape index (κ1) is 16.1. The third-order valence-corrected chi connectivity index (χ3v) is 1.72. The Morgan fingerprint density at radius 2 is 1.78 bits per heavy atom. The number of carboxylic acids is 1. The highest BCUT2D eigenvalue weighted by atomic mass is 16.7. The van der Waals surface area contributed by atoms with Gasteiger partial charge in [0.1, 0.15) is 0 Å². The van der Waals surface area contributed by atoms with E-state index in [-0.39, 0.29) is 11.8 Å². The van der Waals surface area contributed by atoms with E-state index < -0.39 is 30.0 Å². The smallest absolute Gasteiger partial charge is 0.361 e. The van der Waals surface area contributed by atoms with E-state index in [0.717, 1.165) is 7.11 Å². The van der Waals surface area contributed by atoms with E-state index >= 15 is 0 Å². The molecule has 0 aromatic rings. The maximum Gasteiger partial charge on any atom is 0.361 e. The quantitative estimate of drug-likeness (QED) is 0.324. The number of carbonyl (C=O) groups excluding carboxylic acids is 2. The van der Waals surface area contributed by atoms with Crippen LogP contribution in [-0.4, -0.2) is 42.3 Å². The molecule has 0 amide bonds. The molecule has 0 fully saturated rings. The van der Waals surface area contributed by atoms with Gasteiger partial charge in [0.05, 0.1) is 7.11 Å². The summed E-state index contributed by atoms with van der Waals surface area (Å²) < 4.78 is 4.27. The minimum absolute atomic E-state index is 0.0136. The summed E-state index contributed by atoms with van der Waals surface area (Å²) in [5.74, 6) is -2.86. The van der Waals surface area contributed by atoms with Gasteiger partial charge in [-0.05, 0) is 5.41 Å². The van der Waals surface area contributed by atoms with E-state index in [0.29, 0.717) is 0 Å². The van der Waals surface area contributed by atoms with Crippen molar-refractivity contribution in [3.63, 3.8) is 0 Å². The number of aliphatic carboxylic acids is 1. The van der Waals surface area contributed by atoms with Gasteiger partial charge in [-0.2, -0.15) is 0 Å². The number of carboxylic acid groups (broad SMARTS) is 1. The van der Waals surface area contributed by atoms with Crippen LogP contribution in [0.15, 0.2) is 5.16 Å². The first-order chi connectivity index (χ1) is 8.17. The SMILES string of the molecule is COC(=O)CON=C(C(=O)O)C(=O)CC(C)(C)C. The molecule has 0 radical (unpaired) electrons. The van der Waals surface area contributed by atoms with Crippen molar-refractivity contribution < 1.29 is 29.1 Å². The van der Waals surface area contributed by atoms with E-state index in [1.54, 1.807) is 20.8 Å². The molecule has 0 aromatic heterocycles. The van der Waals surface area contributed by atoms with Gasteiger partial charge < -0.3 is 14.7 Å². The largest absolute Gasteiger partial charge is 0.476 e. The summed E-state index contributed by atoms with van der Waals surface area (Å²) in [5.41, 5.74) is -1.09. The van der Waals surface area contributed by atoms with Gasteiger partial charge in [0.25, 0.3) is 0 Å². The second kappa shape index (κ2) is 6.73. The van der Waals surface area contributed by atoms with Crippen molar-refractivity contribution in [2.75, 3.05) is 13.7 Å². The number of rotatable bonds is 6. The van der Waals surface area contributed by atoms with Crippen molar-refractivity contribution in [1.82, 2.24) is 0 Å². The van der Waals surface area contributed by atoms with Gasteiger partial charge in [0, 0.05) is 6.42 Å². The van der Waals surface area contributed by atoms with Gasteiger partial charge in [0.15, 0.2) is 5.78 Å². The standard InChI is InChI=1S/C11H17NO6/c1-11(2,3)5-7(13)9(10(15)16)12-18-6-8(14)17-4/h5-6H2,1-4H3,(H,15,16). The lowest BCUT2D eigenvalue weighted by molar-refractivity contribution is -0.146. The van der Waals surface area contributed by atoms with Crippen LogP contribution in [0.4, 0.5) is 0 Å². The Kier molecular flexibility index (Phi) is 6.01. The van der Waals surface area contributed by atoms with Gasteiger partial charge in [-0.15, -0.1) is 0 Å². The van der Waals surface area contributed by atoms with Crippen LogP contribution in [0.1, 0.15) is 27.2 Å². The normalized spacial score (nSPS) is 11.9. The average Bonchev–Trinajstić information content (AvgIpc) is 2.20. The zero-order valence-corrected chi connectivity index (χ0v) is 10.8. The highest BCUT2D eigenvalue weighted by Crippen LogP contribution is 2.19. The summed E-state index contributed by atoms with van der Waals surface area (Å²) in [5, 5.41) is 12.0. The zero-order chi connectivity index (χ0) is 14.3. The number of methoxy groups -OCH3 is 1. The number of hydrogen-bond acceptors (Lipinski definition) is 6. The molecular formula is C11H17NO6. The molecule has 0 unspecified atom stereocenters. The Hall–Kier alpha value is -1.92. The number of esters is 1. The van der Waals surface area contributed by atoms with Crippen molar-refractivity contribution in [2.45, 2.75) is 27.2 Å². The molecule has 0 aliphatic rings. The molecule has 0 rings (SSSR count). The highest BCUT2D eigenvalue weighted by Gasteiger charge is 2.25. The molecule has 0 atom stereocenters. The number of oxime groups is 1. The van der Waals surface area contributed by atoms with Gasteiger partial charge in [-0.25, -0.2) is 9.59 Å². The fraction of sp³-hybridized carbons (Fsp3) is 0.636. The molecule has 102 valence electrons. The van der Waals surface area contributed by atoms with Crippen LogP contribution in [0.25, 0.3) is 0 Å². The molecule has 0 heterocycles. The predicted molar refractivity (Wildman–Crippen MR) is 62.1 cm³/mol. The number of nitrogens with zero attached hydrogens (tertiary/aromatic N) is 1. The first-order valence-electron chi connectivity index (χ1n) is 5.20. The third kappa shape index (κ3) is 6.62. The lowest BCUT2D eigenvalue weighted by Gasteiger charge is -2.16. The molecule has 7 nitrogen and oxygen atoms in total. The Bertz CT molecular complexity index is 366. The van der Waals surface area contributed by atoms with Crippen LogP contribution in [0.5, 0.6) is 0 Å². The number of ether oxygens (including phenoxy) is 1. The molecule has 0 aliphatic carbocycles. The molecule has 1 N–H and O–H groups in total. The van der Waals surface area contributed by atoms with E-state index in [1.807, 2.05) is 0 Å². The van der Waals surface area contributed by atoms with Crippen molar-refractivity contribution in [1.29, 1.82) is 0 Å². The lowest BCUT2D eigenvalue weighted by atomic mass is 9.89. The summed E-state index contributed by atoms with van der Waals surface area (Å²) in [4.78, 5) is 37.6. The van der Waals surface area contributed by atoms with Gasteiger partial charge >= 0.3 is 11.9 Å². The van der Waals surface area contributed by atoms with Crippen molar-refractivity contribution >= 4 is 23.4 Å². The van der Waals surface area contributed by atoms with Crippen LogP contribution < -0.4 is 0 Å². The van der Waals surface area contributed by atoms with Crippen molar-refractivity contribution in [3.8, 4) is 0 Å². The Balaban J connectivity index is 4.66. The summed E-state index contributed by atoms with van der Waals surface area (Å²) >= 11 is 0. The summed E-state index contributed by atoms with van der Waals surface area (Å²) in [6.45, 7) is 4.83.